The first-order valence-corrected chi connectivity index (χ1v) is 11.2. The summed E-state index contributed by atoms with van der Waals surface area (Å²) < 4.78 is 20.5. The van der Waals surface area contributed by atoms with Gasteiger partial charge in [0.25, 0.3) is 3.79 Å². The lowest BCUT2D eigenvalue weighted by atomic mass is 9.91. The molecule has 0 radical (unpaired) electrons. The van der Waals surface area contributed by atoms with Crippen molar-refractivity contribution in [2.24, 2.45) is 5.92 Å². The first kappa shape index (κ1) is 25.3. The molecule has 2 aromatic rings. The van der Waals surface area contributed by atoms with Gasteiger partial charge in [0.1, 0.15) is 0 Å². The number of benzene rings is 2. The second kappa shape index (κ2) is 10.7. The Labute approximate surface area is 206 Å². The van der Waals surface area contributed by atoms with Crippen molar-refractivity contribution < 1.29 is 28.5 Å². The van der Waals surface area contributed by atoms with Crippen molar-refractivity contribution in [3.8, 4) is 0 Å². The highest BCUT2D eigenvalue weighted by molar-refractivity contribution is 6.76. The molecule has 0 saturated carbocycles. The van der Waals surface area contributed by atoms with Crippen LogP contribution in [0.2, 0.25) is 0 Å². The number of alkyl halides is 3. The van der Waals surface area contributed by atoms with E-state index >= 15 is 0 Å². The Morgan fingerprint density at radius 3 is 1.73 bits per heavy atom. The van der Waals surface area contributed by atoms with Crippen LogP contribution in [-0.4, -0.2) is 46.2 Å². The van der Waals surface area contributed by atoms with E-state index in [4.69, 9.17) is 59.2 Å². The summed E-state index contributed by atoms with van der Waals surface area (Å²) in [6, 6.07) is 16.6. The molecule has 0 bridgehead atoms. The van der Waals surface area contributed by atoms with Gasteiger partial charge in [-0.1, -0.05) is 78.1 Å². The lowest BCUT2D eigenvalue weighted by Crippen LogP contribution is -2.57. The molecule has 1 fully saturated rings. The minimum Gasteiger partial charge on any atom is -0.454 e. The van der Waals surface area contributed by atoms with Crippen LogP contribution < -0.4 is 0 Å². The molecule has 1 aliphatic heterocycles. The van der Waals surface area contributed by atoms with Crippen molar-refractivity contribution in [2.45, 2.75) is 42.2 Å². The van der Waals surface area contributed by atoms with Crippen molar-refractivity contribution in [3.63, 3.8) is 0 Å². The SMILES string of the molecule is CC1O[C@@H](OC(=N)C(Cl)(Cl)Cl)C(OC(=O)c2ccccc2)[C@@H](OC(=O)c2ccccc2)[C@H]1C. The molecule has 2 aromatic carbocycles. The fourth-order valence-electron chi connectivity index (χ4n) is 3.24. The van der Waals surface area contributed by atoms with Crippen molar-refractivity contribution in [1.82, 2.24) is 0 Å². The van der Waals surface area contributed by atoms with Crippen LogP contribution in [0.1, 0.15) is 34.6 Å². The van der Waals surface area contributed by atoms with Gasteiger partial charge in [-0.05, 0) is 31.2 Å². The fraction of sp³-hybridized carbons (Fsp3) is 0.348. The van der Waals surface area contributed by atoms with Crippen LogP contribution in [-0.2, 0) is 18.9 Å². The predicted molar refractivity (Wildman–Crippen MR) is 124 cm³/mol. The zero-order valence-electron chi connectivity index (χ0n) is 17.7. The highest BCUT2D eigenvalue weighted by atomic mass is 35.6. The predicted octanol–water partition coefficient (Wildman–Crippen LogP) is 5.18. The van der Waals surface area contributed by atoms with Gasteiger partial charge < -0.3 is 18.9 Å². The molecular weight excluding hydrogens is 493 g/mol. The molecule has 10 heteroatoms. The molecule has 1 saturated heterocycles. The number of hydrogen-bond acceptors (Lipinski definition) is 7. The van der Waals surface area contributed by atoms with Gasteiger partial charge in [-0.2, -0.15) is 0 Å². The van der Waals surface area contributed by atoms with E-state index in [1.165, 1.54) is 0 Å². The van der Waals surface area contributed by atoms with Gasteiger partial charge in [0, 0.05) is 5.92 Å². The third-order valence-corrected chi connectivity index (χ3v) is 5.71. The van der Waals surface area contributed by atoms with Crippen molar-refractivity contribution in [1.29, 1.82) is 5.41 Å². The summed E-state index contributed by atoms with van der Waals surface area (Å²) >= 11 is 17.3. The van der Waals surface area contributed by atoms with Crippen LogP contribution in [0.5, 0.6) is 0 Å². The van der Waals surface area contributed by atoms with E-state index < -0.39 is 52.1 Å². The Hall–Kier alpha value is -2.32. The molecule has 176 valence electrons. The van der Waals surface area contributed by atoms with Gasteiger partial charge in [-0.3, -0.25) is 5.41 Å². The summed E-state index contributed by atoms with van der Waals surface area (Å²) in [4.78, 5) is 25.6. The third-order valence-electron chi connectivity index (χ3n) is 5.20. The monoisotopic (exact) mass is 513 g/mol. The maximum atomic E-state index is 12.8. The van der Waals surface area contributed by atoms with Gasteiger partial charge in [-0.25, -0.2) is 9.59 Å². The Morgan fingerprint density at radius 2 is 1.27 bits per heavy atom. The van der Waals surface area contributed by atoms with Crippen LogP contribution in [0.25, 0.3) is 0 Å². The molecule has 33 heavy (non-hydrogen) atoms. The molecule has 1 heterocycles. The van der Waals surface area contributed by atoms with E-state index in [0.29, 0.717) is 5.56 Å². The normalized spacial score (nSPS) is 25.1. The maximum Gasteiger partial charge on any atom is 0.338 e. The number of nitrogens with one attached hydrogen (secondary N) is 1. The fourth-order valence-corrected chi connectivity index (χ4v) is 3.37. The molecule has 0 spiro atoms. The van der Waals surface area contributed by atoms with Crippen LogP contribution in [0.4, 0.5) is 0 Å². The Morgan fingerprint density at radius 1 is 0.818 bits per heavy atom. The molecule has 7 nitrogen and oxygen atoms in total. The number of carbonyl (C=O) groups excluding carboxylic acids is 2. The summed E-state index contributed by atoms with van der Waals surface area (Å²) in [5.74, 6) is -2.43. The average Bonchev–Trinajstić information content (AvgIpc) is 2.79. The molecule has 5 atom stereocenters. The van der Waals surface area contributed by atoms with E-state index in [1.807, 2.05) is 0 Å². The van der Waals surface area contributed by atoms with Crippen LogP contribution in [0.3, 0.4) is 0 Å². The highest BCUT2D eigenvalue weighted by Gasteiger charge is 2.50. The highest BCUT2D eigenvalue weighted by Crippen LogP contribution is 2.35. The summed E-state index contributed by atoms with van der Waals surface area (Å²) in [5, 5.41) is 7.92. The van der Waals surface area contributed by atoms with Crippen LogP contribution in [0, 0.1) is 11.3 Å². The third kappa shape index (κ3) is 6.38. The zero-order chi connectivity index (χ0) is 24.2. The standard InChI is InChI=1S/C23H22Cl3NO6/c1-13-14(2)30-21(33-22(27)23(24,25)26)18(32-20(29)16-11-7-4-8-12-16)17(13)31-19(28)15-9-5-3-6-10-15/h3-14,17-18,21,27H,1-2H3/t13-,14?,17-,18?,21-/m0/s1. The summed E-state index contributed by atoms with van der Waals surface area (Å²) in [6.45, 7) is 3.52. The molecule has 3 rings (SSSR count). The Kier molecular flexibility index (Phi) is 8.23. The van der Waals surface area contributed by atoms with E-state index in [0.717, 1.165) is 0 Å². The van der Waals surface area contributed by atoms with Gasteiger partial charge in [0.2, 0.25) is 18.3 Å². The van der Waals surface area contributed by atoms with Crippen LogP contribution >= 0.6 is 34.8 Å². The first-order valence-electron chi connectivity index (χ1n) is 10.1. The topological polar surface area (TPSA) is 94.9 Å². The summed E-state index contributed by atoms with van der Waals surface area (Å²) in [5.41, 5.74) is 0.593. The smallest absolute Gasteiger partial charge is 0.338 e. The van der Waals surface area contributed by atoms with Crippen molar-refractivity contribution in [2.75, 3.05) is 0 Å². The van der Waals surface area contributed by atoms with E-state index in [-0.39, 0.29) is 5.56 Å². The number of carbonyl (C=O) groups is 2. The zero-order valence-corrected chi connectivity index (χ0v) is 20.0. The molecular formula is C23H22Cl3NO6. The van der Waals surface area contributed by atoms with E-state index in [1.54, 1.807) is 74.5 Å². The number of halogens is 3. The quantitative estimate of drug-likeness (QED) is 0.256. The van der Waals surface area contributed by atoms with Crippen molar-refractivity contribution >= 4 is 52.6 Å². The first-order chi connectivity index (χ1) is 15.6. The lowest BCUT2D eigenvalue weighted by Gasteiger charge is -2.43. The van der Waals surface area contributed by atoms with Gasteiger partial charge in [0.05, 0.1) is 17.2 Å². The molecule has 1 N–H and O–H groups in total. The molecule has 2 unspecified atom stereocenters. The van der Waals surface area contributed by atoms with Gasteiger partial charge in [0.15, 0.2) is 6.10 Å². The number of hydrogen-bond donors (Lipinski definition) is 1. The number of esters is 2. The Balaban J connectivity index is 1.91. The number of ether oxygens (including phenoxy) is 4. The Bertz CT molecular complexity index is 983. The second-order valence-corrected chi connectivity index (χ2v) is 9.77. The van der Waals surface area contributed by atoms with E-state index in [2.05, 4.69) is 0 Å². The minimum atomic E-state index is -2.17. The summed E-state index contributed by atoms with van der Waals surface area (Å²) in [7, 11) is 0. The summed E-state index contributed by atoms with van der Waals surface area (Å²) in [6.07, 6.45) is -4.08. The van der Waals surface area contributed by atoms with Gasteiger partial charge in [-0.15, -0.1) is 0 Å². The second-order valence-electron chi connectivity index (χ2n) is 7.49. The van der Waals surface area contributed by atoms with E-state index in [9.17, 15) is 9.59 Å². The van der Waals surface area contributed by atoms with Gasteiger partial charge >= 0.3 is 11.9 Å². The maximum absolute atomic E-state index is 12.8. The number of rotatable bonds is 5. The van der Waals surface area contributed by atoms with Crippen LogP contribution in [0.15, 0.2) is 60.7 Å². The molecule has 0 aromatic heterocycles. The lowest BCUT2D eigenvalue weighted by molar-refractivity contribution is -0.255. The molecule has 0 aliphatic carbocycles. The molecule has 0 amide bonds. The average molecular weight is 515 g/mol. The minimum absolute atomic E-state index is 0.270. The molecule has 1 aliphatic rings. The van der Waals surface area contributed by atoms with Crippen molar-refractivity contribution in [3.05, 3.63) is 71.8 Å². The largest absolute Gasteiger partial charge is 0.454 e.